The molecule has 1 unspecified atom stereocenters. The summed E-state index contributed by atoms with van der Waals surface area (Å²) >= 11 is 1.87. The molecule has 0 radical (unpaired) electrons. The average molecular weight is 350 g/mol. The van der Waals surface area contributed by atoms with E-state index in [0.717, 1.165) is 28.8 Å². The zero-order valence-corrected chi connectivity index (χ0v) is 15.9. The van der Waals surface area contributed by atoms with Gasteiger partial charge in [0.25, 0.3) is 0 Å². The van der Waals surface area contributed by atoms with Gasteiger partial charge in [-0.25, -0.2) is 0 Å². The molecule has 1 atom stereocenters. The van der Waals surface area contributed by atoms with Crippen molar-refractivity contribution in [3.63, 3.8) is 0 Å². The smallest absolute Gasteiger partial charge is 0.137 e. The largest absolute Gasteiger partial charge is 0.461 e. The minimum Gasteiger partial charge on any atom is -0.461 e. The van der Waals surface area contributed by atoms with Crippen LogP contribution in [-0.4, -0.2) is 9.97 Å². The molecular weight excluding hydrogens is 328 g/mol. The van der Waals surface area contributed by atoms with Gasteiger partial charge in [-0.15, -0.1) is 11.3 Å². The molecule has 128 valence electrons. The lowest BCUT2D eigenvalue weighted by Crippen LogP contribution is -2.07. The molecule has 0 fully saturated rings. The maximum atomic E-state index is 5.97. The van der Waals surface area contributed by atoms with E-state index in [2.05, 4.69) is 55.9 Å². The van der Waals surface area contributed by atoms with Crippen LogP contribution < -0.4 is 0 Å². The minimum atomic E-state index is 0.180. The number of aromatic nitrogens is 2. The summed E-state index contributed by atoms with van der Waals surface area (Å²) in [5.74, 6) is 1.27. The first-order chi connectivity index (χ1) is 11.9. The van der Waals surface area contributed by atoms with Gasteiger partial charge in [0.05, 0.1) is 0 Å². The fourth-order valence-electron chi connectivity index (χ4n) is 3.02. The second-order valence-corrected chi connectivity index (χ2v) is 8.83. The number of nitrogens with zero attached hydrogens (tertiary/aromatic N) is 2. The summed E-state index contributed by atoms with van der Waals surface area (Å²) in [6.45, 7) is 8.95. The van der Waals surface area contributed by atoms with Crippen molar-refractivity contribution >= 4 is 32.4 Å². The van der Waals surface area contributed by atoms with Crippen molar-refractivity contribution in [1.29, 1.82) is 0 Å². The Hall–Kier alpha value is -2.20. The van der Waals surface area contributed by atoms with E-state index in [1.54, 1.807) is 6.20 Å². The third-order valence-corrected chi connectivity index (χ3v) is 6.06. The van der Waals surface area contributed by atoms with Gasteiger partial charge < -0.3 is 4.42 Å². The molecule has 0 aliphatic rings. The van der Waals surface area contributed by atoms with E-state index in [9.17, 15) is 0 Å². The number of hydrogen-bond donors (Lipinski definition) is 0. The average Bonchev–Trinajstić information content (AvgIpc) is 3.18. The molecule has 0 aliphatic carbocycles. The van der Waals surface area contributed by atoms with Gasteiger partial charge in [0, 0.05) is 50.6 Å². The highest BCUT2D eigenvalue weighted by Gasteiger charge is 2.18. The van der Waals surface area contributed by atoms with E-state index in [1.807, 2.05) is 29.8 Å². The molecule has 3 nitrogen and oxygen atoms in total. The molecule has 4 rings (SSSR count). The van der Waals surface area contributed by atoms with Gasteiger partial charge in [0.2, 0.25) is 0 Å². The summed E-state index contributed by atoms with van der Waals surface area (Å²) in [4.78, 5) is 10.2. The molecule has 0 spiro atoms. The third kappa shape index (κ3) is 3.19. The lowest BCUT2D eigenvalue weighted by Gasteiger charge is -2.14. The van der Waals surface area contributed by atoms with E-state index in [-0.39, 0.29) is 11.3 Å². The Kier molecular flexibility index (Phi) is 3.88. The van der Waals surface area contributed by atoms with E-state index in [4.69, 9.17) is 4.42 Å². The van der Waals surface area contributed by atoms with Crippen molar-refractivity contribution in [2.45, 2.75) is 45.4 Å². The zero-order valence-electron chi connectivity index (χ0n) is 15.0. The number of thiophene rings is 1. The molecule has 0 aliphatic heterocycles. The minimum absolute atomic E-state index is 0.180. The van der Waals surface area contributed by atoms with Crippen molar-refractivity contribution in [2.75, 3.05) is 0 Å². The Morgan fingerprint density at radius 1 is 1.12 bits per heavy atom. The SMILES string of the molecule is CC(Cc1cc2sc(C(C)(C)C)cc2cn1)c1cc2cnccc2o1. The van der Waals surface area contributed by atoms with E-state index in [0.29, 0.717) is 0 Å². The van der Waals surface area contributed by atoms with Crippen LogP contribution in [0.3, 0.4) is 0 Å². The van der Waals surface area contributed by atoms with Crippen LogP contribution in [0, 0.1) is 0 Å². The highest BCUT2D eigenvalue weighted by Crippen LogP contribution is 2.35. The Morgan fingerprint density at radius 3 is 2.72 bits per heavy atom. The second kappa shape index (κ2) is 5.95. The van der Waals surface area contributed by atoms with Crippen LogP contribution in [0.2, 0.25) is 0 Å². The second-order valence-electron chi connectivity index (χ2n) is 7.74. The molecule has 4 aromatic rings. The maximum Gasteiger partial charge on any atom is 0.137 e. The summed E-state index contributed by atoms with van der Waals surface area (Å²) in [6.07, 6.45) is 6.48. The summed E-state index contributed by atoms with van der Waals surface area (Å²) < 4.78 is 7.29. The lowest BCUT2D eigenvalue weighted by atomic mass is 9.94. The Morgan fingerprint density at radius 2 is 1.96 bits per heavy atom. The molecule has 0 saturated carbocycles. The topological polar surface area (TPSA) is 38.9 Å². The van der Waals surface area contributed by atoms with Crippen LogP contribution in [0.4, 0.5) is 0 Å². The maximum absolute atomic E-state index is 5.97. The molecule has 25 heavy (non-hydrogen) atoms. The molecule has 4 heteroatoms. The molecule has 4 heterocycles. The normalized spacial score (nSPS) is 13.6. The van der Waals surface area contributed by atoms with Gasteiger partial charge in [0.1, 0.15) is 11.3 Å². The third-order valence-electron chi connectivity index (χ3n) is 4.53. The first kappa shape index (κ1) is 16.3. The van der Waals surface area contributed by atoms with Crippen molar-refractivity contribution in [2.24, 2.45) is 0 Å². The number of fused-ring (bicyclic) bond motifs is 2. The van der Waals surface area contributed by atoms with Crippen LogP contribution in [0.25, 0.3) is 21.1 Å². The van der Waals surface area contributed by atoms with Crippen molar-refractivity contribution in [3.05, 3.63) is 59.2 Å². The number of rotatable bonds is 3. The van der Waals surface area contributed by atoms with Gasteiger partial charge in [-0.1, -0.05) is 27.7 Å². The standard InChI is InChI=1S/C21H22N2OS/c1-13(18-8-14-11-22-6-5-17(14)24-18)7-16-10-19-15(12-23-16)9-20(25-19)21(2,3)4/h5-6,8-13H,7H2,1-4H3. The van der Waals surface area contributed by atoms with Gasteiger partial charge in [-0.05, 0) is 36.1 Å². The predicted octanol–water partition coefficient (Wildman–Crippen LogP) is 6.08. The summed E-state index contributed by atoms with van der Waals surface area (Å²) in [5, 5.41) is 2.29. The summed E-state index contributed by atoms with van der Waals surface area (Å²) in [7, 11) is 0. The molecule has 0 aromatic carbocycles. The van der Waals surface area contributed by atoms with Gasteiger partial charge in [-0.3, -0.25) is 9.97 Å². The first-order valence-electron chi connectivity index (χ1n) is 8.62. The number of pyridine rings is 2. The van der Waals surface area contributed by atoms with Crippen molar-refractivity contribution in [3.8, 4) is 0 Å². The summed E-state index contributed by atoms with van der Waals surface area (Å²) in [5.41, 5.74) is 2.19. The lowest BCUT2D eigenvalue weighted by molar-refractivity contribution is 0.502. The van der Waals surface area contributed by atoms with Gasteiger partial charge >= 0.3 is 0 Å². The predicted molar refractivity (Wildman–Crippen MR) is 104 cm³/mol. The Bertz CT molecular complexity index is 1010. The highest BCUT2D eigenvalue weighted by atomic mass is 32.1. The van der Waals surface area contributed by atoms with Crippen LogP contribution in [-0.2, 0) is 11.8 Å². The monoisotopic (exact) mass is 350 g/mol. The first-order valence-corrected chi connectivity index (χ1v) is 9.44. The molecule has 0 amide bonds. The zero-order chi connectivity index (χ0) is 17.6. The molecule has 0 bridgehead atoms. The van der Waals surface area contributed by atoms with Crippen molar-refractivity contribution in [1.82, 2.24) is 9.97 Å². The Balaban J connectivity index is 1.61. The quantitative estimate of drug-likeness (QED) is 0.449. The summed E-state index contributed by atoms with van der Waals surface area (Å²) in [6, 6.07) is 8.51. The highest BCUT2D eigenvalue weighted by molar-refractivity contribution is 7.19. The van der Waals surface area contributed by atoms with Gasteiger partial charge in [-0.2, -0.15) is 0 Å². The van der Waals surface area contributed by atoms with Crippen LogP contribution in [0.15, 0.2) is 47.3 Å². The van der Waals surface area contributed by atoms with Crippen LogP contribution in [0.1, 0.15) is 49.9 Å². The molecule has 0 saturated heterocycles. The van der Waals surface area contributed by atoms with Crippen LogP contribution >= 0.6 is 11.3 Å². The van der Waals surface area contributed by atoms with E-state index in [1.165, 1.54) is 15.0 Å². The fourth-order valence-corrected chi connectivity index (χ4v) is 4.17. The fraction of sp³-hybridized carbons (Fsp3) is 0.333. The molecule has 4 aromatic heterocycles. The van der Waals surface area contributed by atoms with Gasteiger partial charge in [0.15, 0.2) is 0 Å². The van der Waals surface area contributed by atoms with E-state index < -0.39 is 0 Å². The van der Waals surface area contributed by atoms with Crippen molar-refractivity contribution < 1.29 is 4.42 Å². The molecule has 0 N–H and O–H groups in total. The van der Waals surface area contributed by atoms with E-state index >= 15 is 0 Å². The number of hydrogen-bond acceptors (Lipinski definition) is 4. The van der Waals surface area contributed by atoms with Crippen LogP contribution in [0.5, 0.6) is 0 Å². The number of furan rings is 1. The Labute approximate surface area is 151 Å². The molecular formula is C21H22N2OS.